The highest BCUT2D eigenvalue weighted by atomic mass is 127. The molecule has 5 nitrogen and oxygen atoms in total. The molecule has 0 amide bonds. The summed E-state index contributed by atoms with van der Waals surface area (Å²) in [5.41, 5.74) is 0.856. The topological polar surface area (TPSA) is 62.5 Å². The summed E-state index contributed by atoms with van der Waals surface area (Å²) in [7, 11) is 1.76. The van der Waals surface area contributed by atoms with Crippen LogP contribution in [0.2, 0.25) is 0 Å². The van der Waals surface area contributed by atoms with E-state index >= 15 is 0 Å². The minimum absolute atomic E-state index is 0. The van der Waals surface area contributed by atoms with Crippen LogP contribution in [0.4, 0.5) is 0 Å². The summed E-state index contributed by atoms with van der Waals surface area (Å²) in [5.74, 6) is 1.23. The highest BCUT2D eigenvalue weighted by Crippen LogP contribution is 2.19. The zero-order chi connectivity index (χ0) is 13.5. The summed E-state index contributed by atoms with van der Waals surface area (Å²) in [6.45, 7) is 3.65. The number of nitrogens with zero attached hydrogens (tertiary/aromatic N) is 2. The van der Waals surface area contributed by atoms with Gasteiger partial charge in [0.25, 0.3) is 0 Å². The number of hydrogen-bond donors (Lipinski definition) is 2. The van der Waals surface area contributed by atoms with Crippen molar-refractivity contribution in [3.8, 4) is 0 Å². The normalized spacial score (nSPS) is 12.6. The van der Waals surface area contributed by atoms with Crippen molar-refractivity contribution in [1.29, 1.82) is 0 Å². The molecule has 2 aromatic rings. The third kappa shape index (κ3) is 5.12. The van der Waals surface area contributed by atoms with Gasteiger partial charge in [0, 0.05) is 30.5 Å². The van der Waals surface area contributed by atoms with Crippen molar-refractivity contribution in [1.82, 2.24) is 15.8 Å². The number of halogens is 1. The summed E-state index contributed by atoms with van der Waals surface area (Å²) < 4.78 is 4.78. The Hall–Kier alpha value is -1.09. The molecule has 2 rings (SSSR count). The van der Waals surface area contributed by atoms with E-state index in [0.717, 1.165) is 18.2 Å². The van der Waals surface area contributed by atoms with Gasteiger partial charge in [-0.3, -0.25) is 4.99 Å². The number of guanidine groups is 1. The predicted molar refractivity (Wildman–Crippen MR) is 92.9 cm³/mol. The average molecular weight is 406 g/mol. The predicted octanol–water partition coefficient (Wildman–Crippen LogP) is 2.82. The van der Waals surface area contributed by atoms with Crippen LogP contribution in [0.1, 0.15) is 23.4 Å². The fourth-order valence-corrected chi connectivity index (χ4v) is 2.43. The molecule has 20 heavy (non-hydrogen) atoms. The van der Waals surface area contributed by atoms with E-state index in [1.54, 1.807) is 24.6 Å². The number of aromatic nitrogens is 1. The van der Waals surface area contributed by atoms with E-state index in [2.05, 4.69) is 45.2 Å². The van der Waals surface area contributed by atoms with Crippen LogP contribution in [-0.4, -0.2) is 24.7 Å². The maximum Gasteiger partial charge on any atom is 0.191 e. The Morgan fingerprint density at radius 2 is 2.30 bits per heavy atom. The Bertz CT molecular complexity index is 498. The Morgan fingerprint density at radius 1 is 1.45 bits per heavy atom. The molecule has 0 saturated heterocycles. The second kappa shape index (κ2) is 8.96. The summed E-state index contributed by atoms with van der Waals surface area (Å²) in [5, 5.41) is 12.4. The summed E-state index contributed by atoms with van der Waals surface area (Å²) >= 11 is 1.78. The third-order valence-electron chi connectivity index (χ3n) is 2.76. The Balaban J connectivity index is 0.00000200. The molecule has 0 radical (unpaired) electrons. The lowest BCUT2D eigenvalue weighted by molar-refractivity contribution is 0.410. The summed E-state index contributed by atoms with van der Waals surface area (Å²) in [6, 6.07) is 6.06. The first-order valence-corrected chi connectivity index (χ1v) is 7.04. The molecule has 2 aromatic heterocycles. The number of hydrogen-bond acceptors (Lipinski definition) is 4. The molecule has 0 aliphatic carbocycles. The van der Waals surface area contributed by atoms with Crippen LogP contribution in [0, 0.1) is 0 Å². The Labute approximate surface area is 139 Å². The van der Waals surface area contributed by atoms with Gasteiger partial charge in [-0.05, 0) is 11.4 Å². The van der Waals surface area contributed by atoms with Crippen LogP contribution in [0.15, 0.2) is 39.4 Å². The molecular formula is C13H19IN4OS. The third-order valence-corrected chi connectivity index (χ3v) is 3.86. The molecule has 0 spiro atoms. The molecule has 0 saturated carbocycles. The summed E-state index contributed by atoms with van der Waals surface area (Å²) in [6.07, 6.45) is 1.56. The van der Waals surface area contributed by atoms with Crippen LogP contribution >= 0.6 is 35.3 Å². The Kier molecular flexibility index (Phi) is 7.60. The van der Waals surface area contributed by atoms with Crippen molar-refractivity contribution < 1.29 is 4.52 Å². The molecule has 0 aromatic carbocycles. The highest BCUT2D eigenvalue weighted by Gasteiger charge is 2.07. The molecule has 0 bridgehead atoms. The second-order valence-corrected chi connectivity index (χ2v) is 5.19. The van der Waals surface area contributed by atoms with Gasteiger partial charge in [0.2, 0.25) is 0 Å². The average Bonchev–Trinajstić information content (AvgIpc) is 3.11. The van der Waals surface area contributed by atoms with E-state index in [4.69, 9.17) is 4.52 Å². The molecule has 0 aliphatic rings. The SMILES string of the molecule is CN=C(NCc1ccon1)NCC(C)c1cccs1.I. The van der Waals surface area contributed by atoms with Crippen molar-refractivity contribution in [2.45, 2.75) is 19.4 Å². The second-order valence-electron chi connectivity index (χ2n) is 4.21. The lowest BCUT2D eigenvalue weighted by Gasteiger charge is -2.14. The molecule has 7 heteroatoms. The molecule has 2 heterocycles. The molecular weight excluding hydrogens is 387 g/mol. The maximum absolute atomic E-state index is 4.78. The fourth-order valence-electron chi connectivity index (χ4n) is 1.65. The van der Waals surface area contributed by atoms with Crippen LogP contribution in [0.25, 0.3) is 0 Å². The van der Waals surface area contributed by atoms with E-state index in [-0.39, 0.29) is 24.0 Å². The molecule has 1 unspecified atom stereocenters. The van der Waals surface area contributed by atoms with Crippen LogP contribution in [-0.2, 0) is 6.54 Å². The van der Waals surface area contributed by atoms with Crippen molar-refractivity contribution >= 4 is 41.3 Å². The van der Waals surface area contributed by atoms with Crippen LogP contribution < -0.4 is 10.6 Å². The molecule has 0 fully saturated rings. The van der Waals surface area contributed by atoms with Gasteiger partial charge >= 0.3 is 0 Å². The van der Waals surface area contributed by atoms with Crippen molar-refractivity contribution in [3.63, 3.8) is 0 Å². The lowest BCUT2D eigenvalue weighted by atomic mass is 10.1. The minimum Gasteiger partial charge on any atom is -0.364 e. The van der Waals surface area contributed by atoms with E-state index < -0.39 is 0 Å². The van der Waals surface area contributed by atoms with Gasteiger partial charge in [0.05, 0.1) is 6.54 Å². The van der Waals surface area contributed by atoms with Gasteiger partial charge in [-0.2, -0.15) is 0 Å². The van der Waals surface area contributed by atoms with E-state index in [0.29, 0.717) is 12.5 Å². The van der Waals surface area contributed by atoms with Crippen LogP contribution in [0.3, 0.4) is 0 Å². The molecule has 0 aliphatic heterocycles. The first-order valence-electron chi connectivity index (χ1n) is 6.16. The van der Waals surface area contributed by atoms with Crippen LogP contribution in [0.5, 0.6) is 0 Å². The zero-order valence-electron chi connectivity index (χ0n) is 11.5. The van der Waals surface area contributed by atoms with Gasteiger partial charge in [-0.25, -0.2) is 0 Å². The largest absolute Gasteiger partial charge is 0.364 e. The lowest BCUT2D eigenvalue weighted by Crippen LogP contribution is -2.38. The van der Waals surface area contributed by atoms with Crippen molar-refractivity contribution in [2.24, 2.45) is 4.99 Å². The van der Waals surface area contributed by atoms with E-state index in [1.165, 1.54) is 4.88 Å². The fraction of sp³-hybridized carbons (Fsp3) is 0.385. The number of nitrogens with one attached hydrogen (secondary N) is 2. The first-order chi connectivity index (χ1) is 9.29. The summed E-state index contributed by atoms with van der Waals surface area (Å²) in [4.78, 5) is 5.55. The Morgan fingerprint density at radius 3 is 2.90 bits per heavy atom. The maximum atomic E-state index is 4.78. The molecule has 1 atom stereocenters. The van der Waals surface area contributed by atoms with Gasteiger partial charge in [-0.1, -0.05) is 18.1 Å². The minimum atomic E-state index is 0. The zero-order valence-corrected chi connectivity index (χ0v) is 14.6. The van der Waals surface area contributed by atoms with Crippen molar-refractivity contribution in [3.05, 3.63) is 40.4 Å². The van der Waals surface area contributed by atoms with E-state index in [9.17, 15) is 0 Å². The van der Waals surface area contributed by atoms with Gasteiger partial charge in [-0.15, -0.1) is 35.3 Å². The smallest absolute Gasteiger partial charge is 0.191 e. The van der Waals surface area contributed by atoms with Gasteiger partial charge in [0.15, 0.2) is 5.96 Å². The quantitative estimate of drug-likeness (QED) is 0.456. The molecule has 110 valence electrons. The number of aliphatic imine (C=N–C) groups is 1. The van der Waals surface area contributed by atoms with Gasteiger partial charge in [0.1, 0.15) is 12.0 Å². The van der Waals surface area contributed by atoms with E-state index in [1.807, 2.05) is 6.07 Å². The van der Waals surface area contributed by atoms with Gasteiger partial charge < -0.3 is 15.2 Å². The monoisotopic (exact) mass is 406 g/mol. The first kappa shape index (κ1) is 17.0. The number of thiophene rings is 1. The number of rotatable bonds is 5. The molecule has 2 N–H and O–H groups in total. The van der Waals surface area contributed by atoms with Crippen molar-refractivity contribution in [2.75, 3.05) is 13.6 Å². The standard InChI is InChI=1S/C13H18N4OS.HI/c1-10(12-4-3-7-19-12)8-15-13(14-2)16-9-11-5-6-18-17-11;/h3-7,10H,8-9H2,1-2H3,(H2,14,15,16);1H. The highest BCUT2D eigenvalue weighted by molar-refractivity contribution is 14.0.